The third-order valence-electron chi connectivity index (χ3n) is 4.97. The summed E-state index contributed by atoms with van der Waals surface area (Å²) in [7, 11) is 1.35. The van der Waals surface area contributed by atoms with Gasteiger partial charge in [0.1, 0.15) is 5.65 Å². The van der Waals surface area contributed by atoms with Gasteiger partial charge in [0.05, 0.1) is 37.8 Å². The van der Waals surface area contributed by atoms with Gasteiger partial charge in [-0.25, -0.2) is 9.37 Å². The lowest BCUT2D eigenvalue weighted by atomic mass is 10.2. The van der Waals surface area contributed by atoms with Gasteiger partial charge in [-0.3, -0.25) is 14.8 Å². The van der Waals surface area contributed by atoms with Crippen LogP contribution in [-0.4, -0.2) is 39.3 Å². The van der Waals surface area contributed by atoms with E-state index < -0.39 is 11.7 Å². The van der Waals surface area contributed by atoms with Crippen molar-refractivity contribution in [2.45, 2.75) is 31.8 Å². The second kappa shape index (κ2) is 8.90. The van der Waals surface area contributed by atoms with Gasteiger partial charge in [-0.2, -0.15) is 5.10 Å². The molecule has 31 heavy (non-hydrogen) atoms. The van der Waals surface area contributed by atoms with E-state index in [9.17, 15) is 9.18 Å². The number of aliphatic imine (C=N–C) groups is 1. The van der Waals surface area contributed by atoms with E-state index >= 15 is 0 Å². The number of nitrogens with two attached hydrogens (primary N) is 1. The second-order valence-corrected chi connectivity index (χ2v) is 7.18. The van der Waals surface area contributed by atoms with Crippen LogP contribution in [0.4, 0.5) is 4.39 Å². The molecule has 0 aliphatic heterocycles. The third-order valence-corrected chi connectivity index (χ3v) is 4.97. The third kappa shape index (κ3) is 4.68. The first-order valence-corrected chi connectivity index (χ1v) is 9.80. The van der Waals surface area contributed by atoms with E-state index in [0.717, 1.165) is 11.3 Å². The summed E-state index contributed by atoms with van der Waals surface area (Å²) in [5.74, 6) is 4.79. The summed E-state index contributed by atoms with van der Waals surface area (Å²) in [4.78, 5) is 24.9. The molecule has 1 fully saturated rings. The fourth-order valence-corrected chi connectivity index (χ4v) is 3.17. The van der Waals surface area contributed by atoms with Gasteiger partial charge in [-0.05, 0) is 30.4 Å². The van der Waals surface area contributed by atoms with Crippen molar-refractivity contribution in [2.75, 3.05) is 7.11 Å². The zero-order chi connectivity index (χ0) is 21.8. The van der Waals surface area contributed by atoms with Crippen LogP contribution in [0.2, 0.25) is 0 Å². The summed E-state index contributed by atoms with van der Waals surface area (Å²) in [6.45, 7) is 0.114. The van der Waals surface area contributed by atoms with Gasteiger partial charge in [0.15, 0.2) is 17.3 Å². The van der Waals surface area contributed by atoms with E-state index in [2.05, 4.69) is 37.6 Å². The van der Waals surface area contributed by atoms with Gasteiger partial charge in [0, 0.05) is 24.7 Å². The molecule has 3 aromatic rings. The number of carbonyl (C=O) groups is 1. The maximum atomic E-state index is 14.1. The van der Waals surface area contributed by atoms with Crippen molar-refractivity contribution < 1.29 is 13.9 Å². The number of ether oxygens (including phenoxy) is 1. The van der Waals surface area contributed by atoms with Gasteiger partial charge in [-0.1, -0.05) is 6.07 Å². The van der Waals surface area contributed by atoms with Crippen molar-refractivity contribution in [1.29, 1.82) is 0 Å². The highest BCUT2D eigenvalue weighted by Gasteiger charge is 2.23. The summed E-state index contributed by atoms with van der Waals surface area (Å²) < 4.78 is 21.0. The van der Waals surface area contributed by atoms with Crippen LogP contribution in [0.1, 0.15) is 35.7 Å². The van der Waals surface area contributed by atoms with E-state index in [1.54, 1.807) is 0 Å². The second-order valence-electron chi connectivity index (χ2n) is 7.18. The van der Waals surface area contributed by atoms with Crippen LogP contribution < -0.4 is 15.9 Å². The van der Waals surface area contributed by atoms with Crippen molar-refractivity contribution in [3.63, 3.8) is 0 Å². The zero-order valence-electron chi connectivity index (χ0n) is 17.0. The fourth-order valence-electron chi connectivity index (χ4n) is 3.17. The molecule has 1 aliphatic carbocycles. The summed E-state index contributed by atoms with van der Waals surface area (Å²) in [6, 6.07) is 5.50. The standard InChI is InChI=1S/C21H22FN7O2/c1-31-18-6-7-25-16(20(18)22)10-26-21(30)17(28-23)9-24-8-15-12-29-11-14(13-2-3-13)4-5-19(29)27-15/h4-7,9,11-13H,2-3,8,10,23H2,1H3,(H,26,30). The number of imidazole rings is 1. The lowest BCUT2D eigenvalue weighted by Gasteiger charge is -2.07. The highest BCUT2D eigenvalue weighted by molar-refractivity contribution is 6.60. The van der Waals surface area contributed by atoms with Crippen molar-refractivity contribution >= 4 is 23.5 Å². The molecule has 160 valence electrons. The molecule has 0 aromatic carbocycles. The SMILES string of the molecule is COc1ccnc(CNC(=O)C(C=NCc2cn3cc(C4CC4)ccc3n2)=NN)c1F. The highest BCUT2D eigenvalue weighted by Crippen LogP contribution is 2.39. The summed E-state index contributed by atoms with van der Waals surface area (Å²) in [5, 5.41) is 5.98. The minimum absolute atomic E-state index is 0.0382. The van der Waals surface area contributed by atoms with E-state index in [0.29, 0.717) is 5.92 Å². The summed E-state index contributed by atoms with van der Waals surface area (Å²) in [5.41, 5.74) is 2.85. The molecule has 0 atom stereocenters. The Balaban J connectivity index is 1.36. The number of aromatic nitrogens is 3. The topological polar surface area (TPSA) is 119 Å². The molecule has 3 N–H and O–H groups in total. The fraction of sp³-hybridized carbons (Fsp3) is 0.286. The smallest absolute Gasteiger partial charge is 0.273 e. The normalized spacial score (nSPS) is 14.3. The van der Waals surface area contributed by atoms with E-state index in [-0.39, 0.29) is 30.2 Å². The molecule has 10 heteroatoms. The lowest BCUT2D eigenvalue weighted by molar-refractivity contribution is -0.114. The number of hydrogen-bond acceptors (Lipinski definition) is 7. The largest absolute Gasteiger partial charge is 0.494 e. The number of nitrogens with one attached hydrogen (secondary N) is 1. The Labute approximate surface area is 177 Å². The molecular weight excluding hydrogens is 401 g/mol. The van der Waals surface area contributed by atoms with Crippen LogP contribution in [0, 0.1) is 5.82 Å². The van der Waals surface area contributed by atoms with E-state index in [1.807, 2.05) is 16.7 Å². The molecule has 1 aliphatic rings. The zero-order valence-corrected chi connectivity index (χ0v) is 17.0. The van der Waals surface area contributed by atoms with Gasteiger partial charge >= 0.3 is 0 Å². The number of fused-ring (bicyclic) bond motifs is 1. The summed E-state index contributed by atoms with van der Waals surface area (Å²) >= 11 is 0. The van der Waals surface area contributed by atoms with Crippen molar-refractivity contribution in [3.8, 4) is 5.75 Å². The Bertz CT molecular complexity index is 1170. The predicted molar refractivity (Wildman–Crippen MR) is 114 cm³/mol. The minimum Gasteiger partial charge on any atom is -0.494 e. The van der Waals surface area contributed by atoms with Crippen molar-refractivity contribution in [2.24, 2.45) is 15.9 Å². The van der Waals surface area contributed by atoms with Crippen LogP contribution >= 0.6 is 0 Å². The monoisotopic (exact) mass is 423 g/mol. The number of methoxy groups -OCH3 is 1. The van der Waals surface area contributed by atoms with Crippen LogP contribution in [0.3, 0.4) is 0 Å². The predicted octanol–water partition coefficient (Wildman–Crippen LogP) is 1.96. The van der Waals surface area contributed by atoms with E-state index in [4.69, 9.17) is 10.6 Å². The van der Waals surface area contributed by atoms with Crippen LogP contribution in [0.25, 0.3) is 5.65 Å². The van der Waals surface area contributed by atoms with Gasteiger partial charge in [0.2, 0.25) is 0 Å². The molecule has 0 unspecified atom stereocenters. The van der Waals surface area contributed by atoms with E-state index in [1.165, 1.54) is 44.0 Å². The molecule has 3 heterocycles. The molecule has 1 amide bonds. The van der Waals surface area contributed by atoms with Gasteiger partial charge < -0.3 is 20.3 Å². The van der Waals surface area contributed by atoms with Crippen LogP contribution in [0.5, 0.6) is 5.75 Å². The summed E-state index contributed by atoms with van der Waals surface area (Å²) in [6.07, 6.45) is 9.14. The van der Waals surface area contributed by atoms with Crippen molar-refractivity contribution in [3.05, 3.63) is 59.6 Å². The van der Waals surface area contributed by atoms with Crippen LogP contribution in [0.15, 0.2) is 46.9 Å². The molecule has 3 aromatic heterocycles. The number of carbonyl (C=O) groups excluding carboxylic acids is 1. The highest BCUT2D eigenvalue weighted by atomic mass is 19.1. The lowest BCUT2D eigenvalue weighted by Crippen LogP contribution is -2.32. The number of amides is 1. The number of hydrogen-bond donors (Lipinski definition) is 2. The number of pyridine rings is 2. The number of nitrogens with zero attached hydrogens (tertiary/aromatic N) is 5. The Hall–Kier alpha value is -3.82. The molecule has 9 nitrogen and oxygen atoms in total. The maximum absolute atomic E-state index is 14.1. The Morgan fingerprint density at radius 3 is 2.97 bits per heavy atom. The molecule has 4 rings (SSSR count). The van der Waals surface area contributed by atoms with Gasteiger partial charge in [-0.15, -0.1) is 0 Å². The molecule has 1 saturated carbocycles. The number of halogens is 1. The minimum atomic E-state index is -0.637. The Morgan fingerprint density at radius 1 is 1.39 bits per heavy atom. The van der Waals surface area contributed by atoms with Crippen LogP contribution in [-0.2, 0) is 17.9 Å². The molecule has 0 radical (unpaired) electrons. The number of hydrazone groups is 1. The molecular formula is C21H22FN7O2. The maximum Gasteiger partial charge on any atom is 0.273 e. The molecule has 0 saturated heterocycles. The number of rotatable bonds is 8. The first-order chi connectivity index (χ1) is 15.1. The Kier molecular flexibility index (Phi) is 5.87. The van der Waals surface area contributed by atoms with Crippen molar-refractivity contribution in [1.82, 2.24) is 19.7 Å². The first-order valence-electron chi connectivity index (χ1n) is 9.80. The average Bonchev–Trinajstić information content (AvgIpc) is 3.55. The molecule has 0 spiro atoms. The first kappa shape index (κ1) is 20.5. The van der Waals surface area contributed by atoms with Gasteiger partial charge in [0.25, 0.3) is 5.91 Å². The quantitative estimate of drug-likeness (QED) is 0.326. The molecule has 0 bridgehead atoms. The average molecular weight is 423 g/mol. The Morgan fingerprint density at radius 2 is 2.23 bits per heavy atom.